The van der Waals surface area contributed by atoms with Gasteiger partial charge in [-0.1, -0.05) is 18.2 Å². The van der Waals surface area contributed by atoms with Crippen LogP contribution in [-0.2, 0) is 13.0 Å². The lowest BCUT2D eigenvalue weighted by Gasteiger charge is -2.22. The summed E-state index contributed by atoms with van der Waals surface area (Å²) in [7, 11) is 0. The average molecular weight is 255 g/mol. The lowest BCUT2D eigenvalue weighted by atomic mass is 9.99. The average Bonchev–Trinajstić information content (AvgIpc) is 2.76. The molecule has 0 fully saturated rings. The van der Waals surface area contributed by atoms with Crippen molar-refractivity contribution < 1.29 is 0 Å². The number of aryl methyl sites for hydroxylation is 3. The van der Waals surface area contributed by atoms with E-state index < -0.39 is 0 Å². The van der Waals surface area contributed by atoms with Gasteiger partial charge in [-0.15, -0.1) is 0 Å². The highest BCUT2D eigenvalue weighted by Crippen LogP contribution is 2.26. The molecule has 2 heterocycles. The van der Waals surface area contributed by atoms with E-state index in [2.05, 4.69) is 59.6 Å². The summed E-state index contributed by atoms with van der Waals surface area (Å²) in [5.74, 6) is 0. The Bertz CT molecular complexity index is 564. The summed E-state index contributed by atoms with van der Waals surface area (Å²) < 4.78 is 2.15. The molecule has 1 aromatic carbocycles. The monoisotopic (exact) mass is 255 g/mol. The molecule has 3 nitrogen and oxygen atoms in total. The molecule has 19 heavy (non-hydrogen) atoms. The van der Waals surface area contributed by atoms with E-state index in [1.54, 1.807) is 0 Å². The third-order valence-electron chi connectivity index (χ3n) is 3.86. The van der Waals surface area contributed by atoms with Crippen LogP contribution in [0.1, 0.15) is 28.9 Å². The van der Waals surface area contributed by atoms with Crippen LogP contribution < -0.4 is 10.7 Å². The topological polar surface area (TPSA) is 29.0 Å². The van der Waals surface area contributed by atoms with Crippen LogP contribution in [0.15, 0.2) is 30.3 Å². The Morgan fingerprint density at radius 3 is 2.74 bits per heavy atom. The maximum atomic E-state index is 3.54. The smallest absolute Gasteiger partial charge is 0.0584 e. The fourth-order valence-corrected chi connectivity index (χ4v) is 2.81. The van der Waals surface area contributed by atoms with Crippen LogP contribution in [-0.4, -0.2) is 11.2 Å². The molecule has 2 aromatic rings. The summed E-state index contributed by atoms with van der Waals surface area (Å²) in [4.78, 5) is 0. The van der Waals surface area contributed by atoms with Crippen LogP contribution in [0.2, 0.25) is 0 Å². The van der Waals surface area contributed by atoms with Gasteiger partial charge in [0.05, 0.1) is 6.54 Å². The second-order valence-electron chi connectivity index (χ2n) is 5.27. The van der Waals surface area contributed by atoms with Crippen LogP contribution in [0.5, 0.6) is 0 Å². The number of nitrogens with one attached hydrogen (secondary N) is 2. The first-order valence-electron chi connectivity index (χ1n) is 6.99. The van der Waals surface area contributed by atoms with Crippen molar-refractivity contribution in [3.63, 3.8) is 0 Å². The van der Waals surface area contributed by atoms with Crippen molar-refractivity contribution in [2.75, 3.05) is 17.3 Å². The minimum atomic E-state index is 0.854. The summed E-state index contributed by atoms with van der Waals surface area (Å²) in [6.45, 7) is 6.19. The molecule has 2 N–H and O–H groups in total. The second kappa shape index (κ2) is 5.00. The highest BCUT2D eigenvalue weighted by atomic mass is 15.4. The molecule has 0 bridgehead atoms. The maximum absolute atomic E-state index is 3.54. The van der Waals surface area contributed by atoms with E-state index in [1.807, 2.05) is 0 Å². The van der Waals surface area contributed by atoms with Crippen LogP contribution in [0.4, 0.5) is 5.69 Å². The number of fused-ring (bicyclic) bond motifs is 1. The van der Waals surface area contributed by atoms with E-state index in [0.717, 1.165) is 13.1 Å². The van der Waals surface area contributed by atoms with Crippen LogP contribution >= 0.6 is 0 Å². The molecule has 0 spiro atoms. The molecule has 3 rings (SSSR count). The number of hydrogen-bond acceptors (Lipinski definition) is 2. The van der Waals surface area contributed by atoms with Gasteiger partial charge in [-0.25, -0.2) is 0 Å². The van der Waals surface area contributed by atoms with E-state index in [0.29, 0.717) is 0 Å². The van der Waals surface area contributed by atoms with Gasteiger partial charge in [0, 0.05) is 23.6 Å². The minimum Gasteiger partial charge on any atom is -0.385 e. The second-order valence-corrected chi connectivity index (χ2v) is 5.27. The van der Waals surface area contributed by atoms with Gasteiger partial charge in [0.25, 0.3) is 0 Å². The Morgan fingerprint density at radius 1 is 1.16 bits per heavy atom. The SMILES string of the molecule is Cc1ccc(C)n1NCc1cccc2c1NCCC2. The van der Waals surface area contributed by atoms with Crippen molar-refractivity contribution in [3.8, 4) is 0 Å². The van der Waals surface area contributed by atoms with Gasteiger partial charge in [0.15, 0.2) is 0 Å². The van der Waals surface area contributed by atoms with Crippen LogP contribution in [0.25, 0.3) is 0 Å². The number of aromatic nitrogens is 1. The summed E-state index contributed by atoms with van der Waals surface area (Å²) in [5, 5.41) is 3.54. The molecule has 0 saturated heterocycles. The standard InChI is InChI=1S/C16H21N3/c1-12-8-9-13(2)19(12)18-11-15-6-3-5-14-7-4-10-17-16(14)15/h3,5-6,8-9,17-18H,4,7,10-11H2,1-2H3. The van der Waals surface area contributed by atoms with E-state index in [1.165, 1.54) is 41.0 Å². The normalized spacial score (nSPS) is 13.8. The number of para-hydroxylation sites is 1. The van der Waals surface area contributed by atoms with Gasteiger partial charge in [0.1, 0.15) is 0 Å². The van der Waals surface area contributed by atoms with Gasteiger partial charge in [-0.3, -0.25) is 4.68 Å². The van der Waals surface area contributed by atoms with E-state index in [-0.39, 0.29) is 0 Å². The Kier molecular flexibility index (Phi) is 3.20. The fourth-order valence-electron chi connectivity index (χ4n) is 2.81. The van der Waals surface area contributed by atoms with Crippen molar-refractivity contribution in [2.45, 2.75) is 33.2 Å². The van der Waals surface area contributed by atoms with Gasteiger partial charge < -0.3 is 10.7 Å². The molecule has 0 radical (unpaired) electrons. The zero-order valence-electron chi connectivity index (χ0n) is 11.7. The van der Waals surface area contributed by atoms with E-state index in [9.17, 15) is 0 Å². The predicted molar refractivity (Wildman–Crippen MR) is 80.2 cm³/mol. The zero-order valence-corrected chi connectivity index (χ0v) is 11.7. The first-order valence-corrected chi connectivity index (χ1v) is 6.99. The molecular formula is C16H21N3. The highest BCUT2D eigenvalue weighted by Gasteiger charge is 2.12. The first kappa shape index (κ1) is 12.2. The third kappa shape index (κ3) is 2.33. The van der Waals surface area contributed by atoms with Crippen molar-refractivity contribution >= 4 is 5.69 Å². The summed E-state index contributed by atoms with van der Waals surface area (Å²) in [6.07, 6.45) is 2.43. The molecule has 1 aromatic heterocycles. The summed E-state index contributed by atoms with van der Waals surface area (Å²) in [5.41, 5.74) is 10.1. The summed E-state index contributed by atoms with van der Waals surface area (Å²) in [6, 6.07) is 10.9. The Labute approximate surface area is 114 Å². The van der Waals surface area contributed by atoms with Gasteiger partial charge in [-0.2, -0.15) is 0 Å². The highest BCUT2D eigenvalue weighted by molar-refractivity contribution is 5.59. The first-order chi connectivity index (χ1) is 9.25. The Morgan fingerprint density at radius 2 is 1.95 bits per heavy atom. The number of nitrogens with zero attached hydrogens (tertiary/aromatic N) is 1. The molecule has 0 saturated carbocycles. The molecule has 100 valence electrons. The molecule has 1 aliphatic heterocycles. The van der Waals surface area contributed by atoms with Crippen LogP contribution in [0.3, 0.4) is 0 Å². The lowest BCUT2D eigenvalue weighted by molar-refractivity contribution is 0.782. The Balaban J connectivity index is 1.81. The molecule has 0 unspecified atom stereocenters. The quantitative estimate of drug-likeness (QED) is 0.882. The Hall–Kier alpha value is -1.90. The van der Waals surface area contributed by atoms with Gasteiger partial charge in [0.2, 0.25) is 0 Å². The number of benzene rings is 1. The zero-order chi connectivity index (χ0) is 13.2. The number of hydrogen-bond donors (Lipinski definition) is 2. The molecule has 0 aliphatic carbocycles. The van der Waals surface area contributed by atoms with Crippen molar-refractivity contribution in [1.82, 2.24) is 4.68 Å². The maximum Gasteiger partial charge on any atom is 0.0584 e. The third-order valence-corrected chi connectivity index (χ3v) is 3.86. The minimum absolute atomic E-state index is 0.854. The number of rotatable bonds is 3. The fraction of sp³-hybridized carbons (Fsp3) is 0.375. The van der Waals surface area contributed by atoms with Gasteiger partial charge in [-0.05, 0) is 49.9 Å². The largest absolute Gasteiger partial charge is 0.385 e. The van der Waals surface area contributed by atoms with Crippen molar-refractivity contribution in [2.24, 2.45) is 0 Å². The predicted octanol–water partition coefficient (Wildman–Crippen LogP) is 3.21. The molecule has 3 heteroatoms. The van der Waals surface area contributed by atoms with E-state index >= 15 is 0 Å². The molecule has 0 atom stereocenters. The molecular weight excluding hydrogens is 234 g/mol. The molecule has 0 amide bonds. The van der Waals surface area contributed by atoms with Gasteiger partial charge >= 0.3 is 0 Å². The van der Waals surface area contributed by atoms with Crippen molar-refractivity contribution in [3.05, 3.63) is 52.8 Å². The number of anilines is 1. The van der Waals surface area contributed by atoms with Crippen LogP contribution in [0, 0.1) is 13.8 Å². The molecule has 1 aliphatic rings. The summed E-state index contributed by atoms with van der Waals surface area (Å²) >= 11 is 0. The van der Waals surface area contributed by atoms with Crippen molar-refractivity contribution in [1.29, 1.82) is 0 Å². The lowest BCUT2D eigenvalue weighted by Crippen LogP contribution is -2.20. The van der Waals surface area contributed by atoms with E-state index in [4.69, 9.17) is 0 Å².